The van der Waals surface area contributed by atoms with Crippen molar-refractivity contribution in [3.8, 4) is 0 Å². The zero-order valence-electron chi connectivity index (χ0n) is 12.3. The molecule has 0 radical (unpaired) electrons. The van der Waals surface area contributed by atoms with E-state index in [4.69, 9.17) is 5.11 Å². The number of hydrogen-bond acceptors (Lipinski definition) is 4. The first kappa shape index (κ1) is 16.9. The molecule has 0 spiro atoms. The van der Waals surface area contributed by atoms with Gasteiger partial charge in [0.15, 0.2) is 0 Å². The molecule has 6 nitrogen and oxygen atoms in total. The number of rotatable bonds is 4. The minimum Gasteiger partial charge on any atom is -0.478 e. The van der Waals surface area contributed by atoms with Crippen LogP contribution in [-0.4, -0.2) is 35.0 Å². The quantitative estimate of drug-likeness (QED) is 0.836. The van der Waals surface area contributed by atoms with E-state index in [0.29, 0.717) is 0 Å². The molecule has 0 bridgehead atoms. The van der Waals surface area contributed by atoms with Gasteiger partial charge in [0.05, 0.1) is 6.04 Å². The normalized spacial score (nSPS) is 13.1. The lowest BCUT2D eigenvalue weighted by Crippen LogP contribution is -2.42. The van der Waals surface area contributed by atoms with E-state index in [1.807, 2.05) is 24.4 Å². The number of amides is 3. The highest BCUT2D eigenvalue weighted by molar-refractivity contribution is 7.10. The Kier molecular flexibility index (Phi) is 5.66. The van der Waals surface area contributed by atoms with Crippen LogP contribution in [0.4, 0.5) is 4.79 Å². The molecule has 3 amide bonds. The summed E-state index contributed by atoms with van der Waals surface area (Å²) in [6, 6.07) is 3.04. The van der Waals surface area contributed by atoms with Crippen LogP contribution >= 0.6 is 11.3 Å². The van der Waals surface area contributed by atoms with Crippen molar-refractivity contribution in [3.05, 3.63) is 33.5 Å². The summed E-state index contributed by atoms with van der Waals surface area (Å²) in [5, 5.41) is 12.9. The molecule has 1 aromatic heterocycles. The van der Waals surface area contributed by atoms with Crippen molar-refractivity contribution in [2.45, 2.75) is 26.8 Å². The Morgan fingerprint density at radius 3 is 2.38 bits per heavy atom. The van der Waals surface area contributed by atoms with Crippen LogP contribution in [-0.2, 0) is 9.59 Å². The first-order valence-electron chi connectivity index (χ1n) is 6.28. The molecule has 0 aromatic carbocycles. The van der Waals surface area contributed by atoms with E-state index >= 15 is 0 Å². The minimum absolute atomic E-state index is 0.00743. The summed E-state index contributed by atoms with van der Waals surface area (Å²) in [6.45, 7) is 4.54. The molecule has 0 aliphatic heterocycles. The molecule has 1 aromatic rings. The average molecular weight is 310 g/mol. The number of carboxylic acid groups (broad SMARTS) is 1. The number of carbonyl (C=O) groups is 3. The van der Waals surface area contributed by atoms with E-state index in [1.165, 1.54) is 30.1 Å². The standard InChI is InChI=1S/C14H18N2O4S/c1-8(9(2)13(18)19)12(17)15-14(20)16(4)10(3)11-6-5-7-21-11/h5-7,10H,1-4H3,(H,18,19)(H,15,17,20). The van der Waals surface area contributed by atoms with Gasteiger partial charge in [-0.25, -0.2) is 9.59 Å². The van der Waals surface area contributed by atoms with Crippen molar-refractivity contribution in [2.24, 2.45) is 0 Å². The highest BCUT2D eigenvalue weighted by Crippen LogP contribution is 2.23. The van der Waals surface area contributed by atoms with Crippen LogP contribution in [0.3, 0.4) is 0 Å². The first-order chi connectivity index (χ1) is 9.75. The van der Waals surface area contributed by atoms with Crippen LogP contribution < -0.4 is 5.32 Å². The Balaban J connectivity index is 2.75. The topological polar surface area (TPSA) is 86.7 Å². The Morgan fingerprint density at radius 1 is 1.29 bits per heavy atom. The minimum atomic E-state index is -1.18. The molecule has 1 heterocycles. The molecule has 0 saturated heterocycles. The SMILES string of the molecule is CC(C(=O)O)=C(C)C(=O)NC(=O)N(C)C(C)c1cccs1. The molecule has 114 valence electrons. The van der Waals surface area contributed by atoms with Gasteiger partial charge in [-0.1, -0.05) is 6.07 Å². The number of imide groups is 1. The maximum Gasteiger partial charge on any atom is 0.331 e. The maximum atomic E-state index is 12.0. The van der Waals surface area contributed by atoms with Gasteiger partial charge in [0.1, 0.15) is 0 Å². The third-order valence-electron chi connectivity index (χ3n) is 3.30. The second kappa shape index (κ2) is 7.03. The monoisotopic (exact) mass is 310 g/mol. The van der Waals surface area contributed by atoms with Crippen molar-refractivity contribution in [2.75, 3.05) is 7.05 Å². The predicted molar refractivity (Wildman–Crippen MR) is 80.0 cm³/mol. The van der Waals surface area contributed by atoms with Crippen LogP contribution in [0.5, 0.6) is 0 Å². The van der Waals surface area contributed by atoms with Gasteiger partial charge >= 0.3 is 12.0 Å². The molecule has 0 aliphatic rings. The van der Waals surface area contributed by atoms with Gasteiger partial charge in [-0.15, -0.1) is 11.3 Å². The van der Waals surface area contributed by atoms with Crippen LogP contribution in [0.1, 0.15) is 31.7 Å². The molecule has 1 unspecified atom stereocenters. The van der Waals surface area contributed by atoms with E-state index in [2.05, 4.69) is 5.32 Å². The largest absolute Gasteiger partial charge is 0.478 e. The second-order valence-electron chi connectivity index (χ2n) is 4.62. The third-order valence-corrected chi connectivity index (χ3v) is 4.34. The lowest BCUT2D eigenvalue weighted by molar-refractivity contribution is -0.133. The summed E-state index contributed by atoms with van der Waals surface area (Å²) in [5.74, 6) is -1.89. The Hall–Kier alpha value is -2.15. The average Bonchev–Trinajstić information content (AvgIpc) is 2.97. The number of hydrogen-bond donors (Lipinski definition) is 2. The summed E-state index contributed by atoms with van der Waals surface area (Å²) < 4.78 is 0. The number of urea groups is 1. The molecule has 7 heteroatoms. The molecular weight excluding hydrogens is 292 g/mol. The van der Waals surface area contributed by atoms with Gasteiger partial charge in [-0.3, -0.25) is 10.1 Å². The highest BCUT2D eigenvalue weighted by atomic mass is 32.1. The first-order valence-corrected chi connectivity index (χ1v) is 7.16. The summed E-state index contributed by atoms with van der Waals surface area (Å²) in [5.41, 5.74) is -0.0812. The van der Waals surface area contributed by atoms with Crippen molar-refractivity contribution >= 4 is 29.2 Å². The number of carbonyl (C=O) groups excluding carboxylic acids is 2. The molecular formula is C14H18N2O4S. The third kappa shape index (κ3) is 4.16. The number of nitrogens with zero attached hydrogens (tertiary/aromatic N) is 1. The Bertz CT molecular complexity index is 578. The molecule has 0 aliphatic carbocycles. The highest BCUT2D eigenvalue weighted by Gasteiger charge is 2.21. The van der Waals surface area contributed by atoms with Crippen LogP contribution in [0.25, 0.3) is 0 Å². The Labute approximate surface area is 127 Å². The van der Waals surface area contributed by atoms with Crippen molar-refractivity contribution in [3.63, 3.8) is 0 Å². The van der Waals surface area contributed by atoms with Gasteiger partial charge in [-0.2, -0.15) is 0 Å². The van der Waals surface area contributed by atoms with Gasteiger partial charge in [0, 0.05) is 23.1 Å². The van der Waals surface area contributed by atoms with E-state index < -0.39 is 17.9 Å². The fourth-order valence-electron chi connectivity index (χ4n) is 1.51. The number of nitrogens with one attached hydrogen (secondary N) is 1. The molecule has 1 atom stereocenters. The van der Waals surface area contributed by atoms with E-state index in [-0.39, 0.29) is 17.2 Å². The van der Waals surface area contributed by atoms with E-state index in [1.54, 1.807) is 7.05 Å². The summed E-state index contributed by atoms with van der Waals surface area (Å²) in [4.78, 5) is 37.0. The fourth-order valence-corrected chi connectivity index (χ4v) is 2.33. The van der Waals surface area contributed by atoms with Crippen molar-refractivity contribution in [1.29, 1.82) is 0 Å². The van der Waals surface area contributed by atoms with Crippen LogP contribution in [0.15, 0.2) is 28.7 Å². The van der Waals surface area contributed by atoms with E-state index in [9.17, 15) is 14.4 Å². The Morgan fingerprint density at radius 2 is 1.90 bits per heavy atom. The second-order valence-corrected chi connectivity index (χ2v) is 5.60. The molecule has 0 saturated carbocycles. The predicted octanol–water partition coefficient (Wildman–Crippen LogP) is 2.40. The van der Waals surface area contributed by atoms with Crippen LogP contribution in [0, 0.1) is 0 Å². The molecule has 21 heavy (non-hydrogen) atoms. The zero-order valence-corrected chi connectivity index (χ0v) is 13.2. The van der Waals surface area contributed by atoms with Crippen LogP contribution in [0.2, 0.25) is 0 Å². The van der Waals surface area contributed by atoms with E-state index in [0.717, 1.165) is 4.88 Å². The number of aliphatic carboxylic acids is 1. The molecule has 2 N–H and O–H groups in total. The zero-order chi connectivity index (χ0) is 16.2. The van der Waals surface area contributed by atoms with Gasteiger partial charge < -0.3 is 10.0 Å². The maximum absolute atomic E-state index is 12.0. The van der Waals surface area contributed by atoms with Crippen molar-refractivity contribution < 1.29 is 19.5 Å². The molecule has 0 fully saturated rings. The summed E-state index contributed by atoms with van der Waals surface area (Å²) >= 11 is 1.52. The summed E-state index contributed by atoms with van der Waals surface area (Å²) in [7, 11) is 1.58. The number of thiophene rings is 1. The lowest BCUT2D eigenvalue weighted by Gasteiger charge is -2.24. The smallest absolute Gasteiger partial charge is 0.331 e. The van der Waals surface area contributed by atoms with Gasteiger partial charge in [0.25, 0.3) is 5.91 Å². The van der Waals surface area contributed by atoms with Crippen molar-refractivity contribution in [1.82, 2.24) is 10.2 Å². The molecule has 1 rings (SSSR count). The summed E-state index contributed by atoms with van der Waals surface area (Å²) in [6.07, 6.45) is 0. The lowest BCUT2D eigenvalue weighted by atomic mass is 10.1. The number of carboxylic acids is 1. The van der Waals surface area contributed by atoms with Gasteiger partial charge in [0.2, 0.25) is 0 Å². The fraction of sp³-hybridized carbons (Fsp3) is 0.357. The van der Waals surface area contributed by atoms with Gasteiger partial charge in [-0.05, 0) is 32.2 Å².